The van der Waals surface area contributed by atoms with Crippen molar-refractivity contribution in [2.45, 2.75) is 25.4 Å². The second kappa shape index (κ2) is 11.9. The van der Waals surface area contributed by atoms with Gasteiger partial charge in [0.15, 0.2) is 0 Å². The SMILES string of the molecule is C=CCc1ccc(OC)c(-c2cc(CC=C)ccc2OC(CCNC)c2ccccc2)c1. The van der Waals surface area contributed by atoms with Gasteiger partial charge in [-0.2, -0.15) is 0 Å². The molecule has 0 radical (unpaired) electrons. The summed E-state index contributed by atoms with van der Waals surface area (Å²) in [6, 6.07) is 23.0. The maximum Gasteiger partial charge on any atom is 0.128 e. The van der Waals surface area contributed by atoms with Crippen LogP contribution in [0, 0.1) is 0 Å². The Kier molecular flexibility index (Phi) is 8.70. The zero-order valence-electron chi connectivity index (χ0n) is 19.1. The molecule has 3 nitrogen and oxygen atoms in total. The Morgan fingerprint density at radius 3 is 2.00 bits per heavy atom. The van der Waals surface area contributed by atoms with E-state index in [0.29, 0.717) is 0 Å². The Bertz CT molecular complexity index is 1030. The third-order valence-corrected chi connectivity index (χ3v) is 5.46. The first kappa shape index (κ1) is 23.4. The highest BCUT2D eigenvalue weighted by atomic mass is 16.5. The molecular formula is C29H33NO2. The second-order valence-electron chi connectivity index (χ2n) is 7.76. The van der Waals surface area contributed by atoms with Crippen LogP contribution in [0.2, 0.25) is 0 Å². The van der Waals surface area contributed by atoms with Crippen LogP contribution in [0.4, 0.5) is 0 Å². The molecule has 1 atom stereocenters. The van der Waals surface area contributed by atoms with Crippen molar-refractivity contribution in [2.75, 3.05) is 20.7 Å². The highest BCUT2D eigenvalue weighted by Gasteiger charge is 2.18. The molecule has 0 heterocycles. The number of rotatable bonds is 12. The molecule has 1 N–H and O–H groups in total. The molecule has 32 heavy (non-hydrogen) atoms. The third-order valence-electron chi connectivity index (χ3n) is 5.46. The minimum absolute atomic E-state index is 0.0602. The van der Waals surface area contributed by atoms with E-state index < -0.39 is 0 Å². The average molecular weight is 428 g/mol. The lowest BCUT2D eigenvalue weighted by molar-refractivity contribution is 0.196. The van der Waals surface area contributed by atoms with Crippen molar-refractivity contribution in [3.05, 3.63) is 109 Å². The summed E-state index contributed by atoms with van der Waals surface area (Å²) in [5.74, 6) is 1.67. The van der Waals surface area contributed by atoms with Gasteiger partial charge in [-0.05, 0) is 67.4 Å². The topological polar surface area (TPSA) is 30.5 Å². The highest BCUT2D eigenvalue weighted by Crippen LogP contribution is 2.40. The van der Waals surface area contributed by atoms with Crippen molar-refractivity contribution in [2.24, 2.45) is 0 Å². The molecule has 0 fully saturated rings. The first-order valence-electron chi connectivity index (χ1n) is 11.1. The Labute approximate surface area is 192 Å². The van der Waals surface area contributed by atoms with E-state index in [2.05, 4.69) is 73.1 Å². The number of methoxy groups -OCH3 is 1. The Hall–Kier alpha value is -3.30. The molecule has 3 aromatic carbocycles. The quantitative estimate of drug-likeness (QED) is 0.333. The Morgan fingerprint density at radius 2 is 1.44 bits per heavy atom. The lowest BCUT2D eigenvalue weighted by Crippen LogP contribution is -2.16. The molecule has 0 amide bonds. The fraction of sp³-hybridized carbons (Fsp3) is 0.241. The van der Waals surface area contributed by atoms with E-state index in [9.17, 15) is 0 Å². The van der Waals surface area contributed by atoms with Gasteiger partial charge in [-0.1, -0.05) is 54.6 Å². The van der Waals surface area contributed by atoms with Crippen molar-refractivity contribution < 1.29 is 9.47 Å². The Morgan fingerprint density at radius 1 is 0.844 bits per heavy atom. The minimum atomic E-state index is -0.0602. The summed E-state index contributed by atoms with van der Waals surface area (Å²) in [5.41, 5.74) is 5.58. The van der Waals surface area contributed by atoms with E-state index >= 15 is 0 Å². The van der Waals surface area contributed by atoms with Gasteiger partial charge in [0.1, 0.15) is 17.6 Å². The maximum absolute atomic E-state index is 6.68. The fourth-order valence-electron chi connectivity index (χ4n) is 3.83. The molecule has 0 aromatic heterocycles. The van der Waals surface area contributed by atoms with Gasteiger partial charge < -0.3 is 14.8 Å². The van der Waals surface area contributed by atoms with Gasteiger partial charge in [-0.15, -0.1) is 13.2 Å². The van der Waals surface area contributed by atoms with Crippen LogP contribution in [-0.4, -0.2) is 20.7 Å². The standard InChI is InChI=1S/C29H33NO2/c1-5-10-22-14-16-28(31-4)25(20-22)26-21-23(11-6-2)15-17-29(26)32-27(18-19-30-3)24-12-8-7-9-13-24/h5-9,12-17,20-21,27,30H,1-2,10-11,18-19H2,3-4H3. The molecule has 0 spiro atoms. The number of hydrogen-bond donors (Lipinski definition) is 1. The molecule has 3 heteroatoms. The largest absolute Gasteiger partial charge is 0.496 e. The van der Waals surface area contributed by atoms with Crippen molar-refractivity contribution >= 4 is 0 Å². The Balaban J connectivity index is 2.09. The number of ether oxygens (including phenoxy) is 2. The molecule has 166 valence electrons. The summed E-state index contributed by atoms with van der Waals surface area (Å²) in [7, 11) is 3.67. The second-order valence-corrected chi connectivity index (χ2v) is 7.76. The van der Waals surface area contributed by atoms with Crippen molar-refractivity contribution in [1.29, 1.82) is 0 Å². The van der Waals surface area contributed by atoms with Crippen LogP contribution in [0.15, 0.2) is 92.0 Å². The molecule has 0 aliphatic carbocycles. The number of hydrogen-bond acceptors (Lipinski definition) is 3. The van der Waals surface area contributed by atoms with E-state index in [0.717, 1.165) is 54.0 Å². The lowest BCUT2D eigenvalue weighted by atomic mass is 9.96. The predicted octanol–water partition coefficient (Wildman–Crippen LogP) is 6.55. The van der Waals surface area contributed by atoms with Gasteiger partial charge in [-0.3, -0.25) is 0 Å². The first-order valence-corrected chi connectivity index (χ1v) is 11.1. The molecule has 0 aliphatic rings. The normalized spacial score (nSPS) is 11.6. The van der Waals surface area contributed by atoms with E-state index in [1.807, 2.05) is 31.3 Å². The molecule has 0 saturated heterocycles. The molecule has 0 saturated carbocycles. The monoisotopic (exact) mass is 427 g/mol. The highest BCUT2D eigenvalue weighted by molar-refractivity contribution is 5.77. The van der Waals surface area contributed by atoms with E-state index in [4.69, 9.17) is 9.47 Å². The summed E-state index contributed by atoms with van der Waals surface area (Å²) < 4.78 is 12.4. The molecule has 3 aromatic rings. The molecule has 0 aliphatic heterocycles. The summed E-state index contributed by atoms with van der Waals surface area (Å²) in [4.78, 5) is 0. The van der Waals surface area contributed by atoms with Crippen LogP contribution in [0.1, 0.15) is 29.2 Å². The third kappa shape index (κ3) is 5.89. The van der Waals surface area contributed by atoms with Gasteiger partial charge in [0.05, 0.1) is 7.11 Å². The van der Waals surface area contributed by atoms with Crippen LogP contribution in [0.5, 0.6) is 11.5 Å². The van der Waals surface area contributed by atoms with Gasteiger partial charge in [-0.25, -0.2) is 0 Å². The van der Waals surface area contributed by atoms with Crippen LogP contribution < -0.4 is 14.8 Å². The number of benzene rings is 3. The number of nitrogens with one attached hydrogen (secondary N) is 1. The predicted molar refractivity (Wildman–Crippen MR) is 135 cm³/mol. The molecular weight excluding hydrogens is 394 g/mol. The van der Waals surface area contributed by atoms with Gasteiger partial charge in [0.2, 0.25) is 0 Å². The molecule has 0 bridgehead atoms. The summed E-state index contributed by atoms with van der Waals surface area (Å²) in [6.45, 7) is 8.65. The fourth-order valence-corrected chi connectivity index (χ4v) is 3.83. The minimum Gasteiger partial charge on any atom is -0.496 e. The average Bonchev–Trinajstić information content (AvgIpc) is 2.83. The van der Waals surface area contributed by atoms with Crippen molar-refractivity contribution in [3.63, 3.8) is 0 Å². The van der Waals surface area contributed by atoms with Gasteiger partial charge in [0, 0.05) is 17.5 Å². The first-order chi connectivity index (χ1) is 15.7. The van der Waals surface area contributed by atoms with Crippen molar-refractivity contribution in [1.82, 2.24) is 5.32 Å². The van der Waals surface area contributed by atoms with Crippen LogP contribution >= 0.6 is 0 Å². The van der Waals surface area contributed by atoms with E-state index in [-0.39, 0.29) is 6.10 Å². The summed E-state index contributed by atoms with van der Waals surface area (Å²) in [5, 5.41) is 3.25. The number of allylic oxidation sites excluding steroid dienone is 2. The van der Waals surface area contributed by atoms with E-state index in [1.165, 1.54) is 11.1 Å². The zero-order chi connectivity index (χ0) is 22.8. The zero-order valence-corrected chi connectivity index (χ0v) is 19.1. The van der Waals surface area contributed by atoms with Crippen LogP contribution in [0.25, 0.3) is 11.1 Å². The molecule has 3 rings (SSSR count). The van der Waals surface area contributed by atoms with Crippen LogP contribution in [-0.2, 0) is 12.8 Å². The smallest absolute Gasteiger partial charge is 0.128 e. The maximum atomic E-state index is 6.68. The van der Waals surface area contributed by atoms with Crippen molar-refractivity contribution in [3.8, 4) is 22.6 Å². The van der Waals surface area contributed by atoms with Gasteiger partial charge in [0.25, 0.3) is 0 Å². The molecule has 1 unspecified atom stereocenters. The summed E-state index contributed by atoms with van der Waals surface area (Å²) >= 11 is 0. The van der Waals surface area contributed by atoms with Gasteiger partial charge >= 0.3 is 0 Å². The van der Waals surface area contributed by atoms with Crippen LogP contribution in [0.3, 0.4) is 0 Å². The summed E-state index contributed by atoms with van der Waals surface area (Å²) in [6.07, 6.45) is 6.24. The van der Waals surface area contributed by atoms with E-state index in [1.54, 1.807) is 7.11 Å². The lowest BCUT2D eigenvalue weighted by Gasteiger charge is -2.23.